The normalized spacial score (nSPS) is 13.7. The molecule has 2 aromatic carbocycles. The maximum absolute atomic E-state index is 12.8. The van der Waals surface area contributed by atoms with Gasteiger partial charge in [-0.1, -0.05) is 18.2 Å². The summed E-state index contributed by atoms with van der Waals surface area (Å²) in [4.78, 5) is 42.8. The summed E-state index contributed by atoms with van der Waals surface area (Å²) >= 11 is 0. The van der Waals surface area contributed by atoms with Crippen molar-refractivity contribution in [3.63, 3.8) is 0 Å². The van der Waals surface area contributed by atoms with Crippen LogP contribution < -0.4 is 10.2 Å². The van der Waals surface area contributed by atoms with Crippen LogP contribution >= 0.6 is 0 Å². The number of hydrogen-bond donors (Lipinski definition) is 1. The van der Waals surface area contributed by atoms with Gasteiger partial charge >= 0.3 is 11.9 Å². The lowest BCUT2D eigenvalue weighted by atomic mass is 10.1. The number of nitrogens with zero attached hydrogens (tertiary/aromatic N) is 2. The molecule has 1 aromatic heterocycles. The number of morpholine rings is 1. The predicted molar refractivity (Wildman–Crippen MR) is 130 cm³/mol. The van der Waals surface area contributed by atoms with Crippen molar-refractivity contribution in [3.05, 3.63) is 71.9 Å². The first kappa shape index (κ1) is 23.1. The van der Waals surface area contributed by atoms with Crippen LogP contribution in [0.5, 0.6) is 0 Å². The Hall–Kier alpha value is -4.04. The van der Waals surface area contributed by atoms with Crippen molar-refractivity contribution in [3.8, 4) is 0 Å². The van der Waals surface area contributed by atoms with Crippen molar-refractivity contribution in [2.45, 2.75) is 6.92 Å². The fourth-order valence-corrected chi connectivity index (χ4v) is 3.76. The molecule has 34 heavy (non-hydrogen) atoms. The lowest BCUT2D eigenvalue weighted by molar-refractivity contribution is -0.152. The highest BCUT2D eigenvalue weighted by Gasteiger charge is 2.18. The Morgan fingerprint density at radius 3 is 2.56 bits per heavy atom. The number of anilines is 2. The van der Waals surface area contributed by atoms with E-state index in [1.807, 2.05) is 24.3 Å². The second-order valence-electron chi connectivity index (χ2n) is 7.63. The van der Waals surface area contributed by atoms with Gasteiger partial charge in [0.05, 0.1) is 31.0 Å². The number of carbonyl (C=O) groups excluding carboxylic acids is 3. The van der Waals surface area contributed by atoms with E-state index in [4.69, 9.17) is 4.74 Å². The number of allylic oxidation sites excluding steroid dienone is 1. The number of carbonyl (C=O) groups is 3. The van der Waals surface area contributed by atoms with Gasteiger partial charge in [-0.15, -0.1) is 0 Å². The van der Waals surface area contributed by atoms with Gasteiger partial charge in [0.15, 0.2) is 5.78 Å². The summed E-state index contributed by atoms with van der Waals surface area (Å²) in [5.41, 5.74) is 3.63. The first-order chi connectivity index (χ1) is 16.6. The fraction of sp³-hybridized carbons (Fsp3) is 0.231. The lowest BCUT2D eigenvalue weighted by Gasteiger charge is -2.31. The van der Waals surface area contributed by atoms with E-state index in [0.29, 0.717) is 24.5 Å². The number of hydrogen-bond acceptors (Lipinski definition) is 7. The van der Waals surface area contributed by atoms with Crippen molar-refractivity contribution in [1.29, 1.82) is 0 Å². The molecule has 1 aliphatic heterocycles. The third-order valence-corrected chi connectivity index (χ3v) is 5.41. The molecule has 4 rings (SSSR count). The maximum Gasteiger partial charge on any atom is 0.397 e. The van der Waals surface area contributed by atoms with E-state index in [1.54, 1.807) is 43.5 Å². The third-order valence-electron chi connectivity index (χ3n) is 5.41. The summed E-state index contributed by atoms with van der Waals surface area (Å²) in [5, 5.41) is 3.47. The van der Waals surface area contributed by atoms with Gasteiger partial charge in [-0.05, 0) is 49.4 Å². The molecule has 0 bridgehead atoms. The van der Waals surface area contributed by atoms with Gasteiger partial charge in [0.1, 0.15) is 0 Å². The minimum absolute atomic E-state index is 0.117. The molecule has 0 saturated carbocycles. The van der Waals surface area contributed by atoms with Crippen molar-refractivity contribution < 1.29 is 23.9 Å². The molecule has 2 heterocycles. The summed E-state index contributed by atoms with van der Waals surface area (Å²) in [6.07, 6.45) is 5.08. The summed E-state index contributed by atoms with van der Waals surface area (Å²) in [6.45, 7) is 4.57. The van der Waals surface area contributed by atoms with E-state index in [0.717, 1.165) is 35.2 Å². The zero-order chi connectivity index (χ0) is 23.9. The number of esters is 1. The van der Waals surface area contributed by atoms with Gasteiger partial charge in [0.25, 0.3) is 0 Å². The second-order valence-corrected chi connectivity index (χ2v) is 7.63. The summed E-state index contributed by atoms with van der Waals surface area (Å²) in [5.74, 6) is -2.00. The molecule has 1 saturated heterocycles. The minimum Gasteiger partial charge on any atom is -0.459 e. The SMILES string of the molecule is CCOC(=O)C(=O)Nc1ccc(C(=O)/C=C/c2cnc3ccccc3c2N2CCOCC2)cc1. The van der Waals surface area contributed by atoms with Crippen molar-refractivity contribution in [2.24, 2.45) is 0 Å². The van der Waals surface area contributed by atoms with Crippen LogP contribution in [0.25, 0.3) is 17.0 Å². The Bertz CT molecular complexity index is 1230. The lowest BCUT2D eigenvalue weighted by Crippen LogP contribution is -2.36. The molecule has 0 atom stereocenters. The highest BCUT2D eigenvalue weighted by Crippen LogP contribution is 2.31. The number of amides is 1. The van der Waals surface area contributed by atoms with Crippen LogP contribution in [0.2, 0.25) is 0 Å². The average Bonchev–Trinajstić information content (AvgIpc) is 2.88. The quantitative estimate of drug-likeness (QED) is 0.261. The molecule has 0 spiro atoms. The minimum atomic E-state index is -0.953. The molecule has 8 heteroatoms. The Kier molecular flexibility index (Phi) is 7.29. The summed E-state index contributed by atoms with van der Waals surface area (Å²) in [7, 11) is 0. The molecule has 1 aliphatic rings. The number of nitrogens with one attached hydrogen (secondary N) is 1. The van der Waals surface area contributed by atoms with Crippen molar-refractivity contribution >= 4 is 46.0 Å². The second kappa shape index (κ2) is 10.7. The number of pyridine rings is 1. The topological polar surface area (TPSA) is 97.8 Å². The molecule has 1 amide bonds. The Morgan fingerprint density at radius 1 is 1.09 bits per heavy atom. The van der Waals surface area contributed by atoms with Gasteiger partial charge in [-0.25, -0.2) is 4.79 Å². The number of para-hydroxylation sites is 1. The van der Waals surface area contributed by atoms with E-state index >= 15 is 0 Å². The Morgan fingerprint density at radius 2 is 1.82 bits per heavy atom. The maximum atomic E-state index is 12.8. The van der Waals surface area contributed by atoms with Crippen LogP contribution in [0.1, 0.15) is 22.8 Å². The first-order valence-corrected chi connectivity index (χ1v) is 11.1. The smallest absolute Gasteiger partial charge is 0.397 e. The number of ether oxygens (including phenoxy) is 2. The van der Waals surface area contributed by atoms with Gasteiger partial charge in [0, 0.05) is 41.5 Å². The molecular formula is C26H25N3O5. The monoisotopic (exact) mass is 459 g/mol. The van der Waals surface area contributed by atoms with Gasteiger partial charge in [0.2, 0.25) is 0 Å². The zero-order valence-corrected chi connectivity index (χ0v) is 18.8. The predicted octanol–water partition coefficient (Wildman–Crippen LogP) is 3.47. The molecule has 8 nitrogen and oxygen atoms in total. The van der Waals surface area contributed by atoms with Gasteiger partial charge in [-0.2, -0.15) is 0 Å². The number of benzene rings is 2. The summed E-state index contributed by atoms with van der Waals surface area (Å²) < 4.78 is 10.2. The molecule has 0 unspecified atom stereocenters. The van der Waals surface area contributed by atoms with E-state index in [-0.39, 0.29) is 12.4 Å². The van der Waals surface area contributed by atoms with Crippen LogP contribution in [0, 0.1) is 0 Å². The number of rotatable bonds is 6. The third kappa shape index (κ3) is 5.29. The molecule has 0 radical (unpaired) electrons. The Balaban J connectivity index is 1.53. The number of aromatic nitrogens is 1. The Labute approximate surface area is 197 Å². The molecule has 0 aliphatic carbocycles. The molecule has 3 aromatic rings. The molecule has 1 N–H and O–H groups in total. The van der Waals surface area contributed by atoms with E-state index in [9.17, 15) is 14.4 Å². The van der Waals surface area contributed by atoms with E-state index < -0.39 is 11.9 Å². The highest BCUT2D eigenvalue weighted by atomic mass is 16.5. The average molecular weight is 460 g/mol. The fourth-order valence-electron chi connectivity index (χ4n) is 3.76. The highest BCUT2D eigenvalue weighted by molar-refractivity contribution is 6.37. The van der Waals surface area contributed by atoms with Crippen molar-refractivity contribution in [2.75, 3.05) is 43.1 Å². The van der Waals surface area contributed by atoms with E-state index in [1.165, 1.54) is 6.08 Å². The molecule has 174 valence electrons. The molecule has 1 fully saturated rings. The van der Waals surface area contributed by atoms with Crippen LogP contribution in [0.4, 0.5) is 11.4 Å². The molecular weight excluding hydrogens is 434 g/mol. The van der Waals surface area contributed by atoms with E-state index in [2.05, 4.69) is 19.9 Å². The van der Waals surface area contributed by atoms with Crippen LogP contribution in [-0.2, 0) is 19.1 Å². The zero-order valence-electron chi connectivity index (χ0n) is 18.8. The van der Waals surface area contributed by atoms with Gasteiger partial charge < -0.3 is 19.7 Å². The van der Waals surface area contributed by atoms with Crippen LogP contribution in [-0.4, -0.2) is 55.6 Å². The number of ketones is 1. The van der Waals surface area contributed by atoms with Crippen molar-refractivity contribution in [1.82, 2.24) is 4.98 Å². The largest absolute Gasteiger partial charge is 0.459 e. The first-order valence-electron chi connectivity index (χ1n) is 11.1. The number of fused-ring (bicyclic) bond motifs is 1. The van der Waals surface area contributed by atoms with Crippen LogP contribution in [0.15, 0.2) is 60.8 Å². The van der Waals surface area contributed by atoms with Gasteiger partial charge in [-0.3, -0.25) is 14.6 Å². The summed E-state index contributed by atoms with van der Waals surface area (Å²) in [6, 6.07) is 14.3. The standard InChI is InChI=1S/C26H25N3O5/c1-2-34-26(32)25(31)28-20-10-7-18(8-11-20)23(30)12-9-19-17-27-22-6-4-3-5-21(22)24(19)29-13-15-33-16-14-29/h3-12,17H,2,13-16H2,1H3,(H,28,31)/b12-9+. The van der Waals surface area contributed by atoms with Crippen LogP contribution in [0.3, 0.4) is 0 Å².